The molecule has 0 aliphatic rings. The van der Waals surface area contributed by atoms with Gasteiger partial charge in [-0.1, -0.05) is 48.5 Å². The number of hydrogen-bond acceptors (Lipinski definition) is 5. The lowest BCUT2D eigenvalue weighted by molar-refractivity contribution is -0.147. The van der Waals surface area contributed by atoms with Crippen LogP contribution in [0.25, 0.3) is 16.9 Å². The highest BCUT2D eigenvalue weighted by molar-refractivity contribution is 5.75. The number of aromatic nitrogens is 2. The van der Waals surface area contributed by atoms with E-state index < -0.39 is 5.97 Å². The first-order valence-corrected chi connectivity index (χ1v) is 9.76. The maximum absolute atomic E-state index is 12.2. The normalized spacial score (nSPS) is 10.5. The molecule has 0 fully saturated rings. The zero-order valence-electron chi connectivity index (χ0n) is 16.7. The highest BCUT2D eigenvalue weighted by Crippen LogP contribution is 2.24. The number of nitrogens with zero attached hydrogens (tertiary/aromatic N) is 2. The zero-order chi connectivity index (χ0) is 21.5. The number of ether oxygens (including phenoxy) is 2. The second kappa shape index (κ2) is 9.54. The van der Waals surface area contributed by atoms with Gasteiger partial charge in [0.2, 0.25) is 0 Å². The number of esters is 1. The number of benzene rings is 3. The molecule has 3 aromatic carbocycles. The van der Waals surface area contributed by atoms with Gasteiger partial charge in [0.25, 0.3) is 0 Å². The van der Waals surface area contributed by atoms with Crippen molar-refractivity contribution >= 4 is 12.3 Å². The van der Waals surface area contributed by atoms with Crippen molar-refractivity contribution in [2.45, 2.75) is 6.61 Å². The molecule has 0 bridgehead atoms. The summed E-state index contributed by atoms with van der Waals surface area (Å²) in [5, 5.41) is 4.70. The van der Waals surface area contributed by atoms with Crippen molar-refractivity contribution in [3.8, 4) is 22.7 Å². The lowest BCUT2D eigenvalue weighted by atomic mass is 10.1. The van der Waals surface area contributed by atoms with Crippen LogP contribution in [0.3, 0.4) is 0 Å². The van der Waals surface area contributed by atoms with E-state index in [1.54, 1.807) is 28.9 Å². The Bertz CT molecular complexity index is 1150. The van der Waals surface area contributed by atoms with Gasteiger partial charge in [0.1, 0.15) is 18.6 Å². The van der Waals surface area contributed by atoms with Crippen LogP contribution in [0.5, 0.6) is 5.75 Å². The van der Waals surface area contributed by atoms with Crippen LogP contribution in [-0.2, 0) is 16.1 Å². The average molecular weight is 412 g/mol. The van der Waals surface area contributed by atoms with Gasteiger partial charge in [-0.2, -0.15) is 5.10 Å². The van der Waals surface area contributed by atoms with Crippen molar-refractivity contribution in [1.29, 1.82) is 0 Å². The molecule has 154 valence electrons. The maximum Gasteiger partial charge on any atom is 0.344 e. The van der Waals surface area contributed by atoms with Gasteiger partial charge in [-0.25, -0.2) is 9.48 Å². The van der Waals surface area contributed by atoms with E-state index in [2.05, 4.69) is 0 Å². The average Bonchev–Trinajstić information content (AvgIpc) is 3.27. The second-order valence-electron chi connectivity index (χ2n) is 6.79. The Morgan fingerprint density at radius 1 is 0.903 bits per heavy atom. The number of para-hydroxylation sites is 1. The van der Waals surface area contributed by atoms with Crippen LogP contribution in [0.15, 0.2) is 91.1 Å². The summed E-state index contributed by atoms with van der Waals surface area (Å²) in [6, 6.07) is 26.0. The summed E-state index contributed by atoms with van der Waals surface area (Å²) in [6.45, 7) is -0.155. The molecule has 0 radical (unpaired) electrons. The lowest BCUT2D eigenvalue weighted by Crippen LogP contribution is -2.14. The molecule has 0 amide bonds. The molecule has 6 nitrogen and oxygen atoms in total. The molecule has 1 heterocycles. The minimum atomic E-state index is -0.495. The fourth-order valence-electron chi connectivity index (χ4n) is 3.05. The summed E-state index contributed by atoms with van der Waals surface area (Å²) < 4.78 is 12.6. The third kappa shape index (κ3) is 5.05. The summed E-state index contributed by atoms with van der Waals surface area (Å²) in [5.41, 5.74) is 3.94. The number of hydrogen-bond donors (Lipinski definition) is 0. The van der Waals surface area contributed by atoms with Gasteiger partial charge in [-0.05, 0) is 36.4 Å². The predicted octanol–water partition coefficient (Wildman–Crippen LogP) is 4.47. The van der Waals surface area contributed by atoms with Crippen molar-refractivity contribution < 1.29 is 19.1 Å². The molecule has 0 saturated carbocycles. The molecule has 0 saturated heterocycles. The third-order valence-corrected chi connectivity index (χ3v) is 4.62. The van der Waals surface area contributed by atoms with Crippen molar-refractivity contribution in [3.05, 3.63) is 102 Å². The molecule has 31 heavy (non-hydrogen) atoms. The molecule has 0 N–H and O–H groups in total. The molecular weight excluding hydrogens is 392 g/mol. The number of carbonyl (C=O) groups excluding carboxylic acids is 2. The van der Waals surface area contributed by atoms with Crippen molar-refractivity contribution in [2.24, 2.45) is 0 Å². The fourth-order valence-corrected chi connectivity index (χ4v) is 3.05. The number of carbonyl (C=O) groups is 2. The molecule has 0 spiro atoms. The molecule has 0 aliphatic heterocycles. The molecule has 0 unspecified atom stereocenters. The molecule has 6 heteroatoms. The lowest BCUT2D eigenvalue weighted by Gasteiger charge is -2.07. The van der Waals surface area contributed by atoms with Crippen molar-refractivity contribution in [2.75, 3.05) is 6.61 Å². The summed E-state index contributed by atoms with van der Waals surface area (Å²) in [7, 11) is 0. The van der Waals surface area contributed by atoms with Crippen molar-refractivity contribution in [1.82, 2.24) is 9.78 Å². The summed E-state index contributed by atoms with van der Waals surface area (Å²) in [6.07, 6.45) is 2.61. The van der Waals surface area contributed by atoms with Gasteiger partial charge in [-0.15, -0.1) is 0 Å². The monoisotopic (exact) mass is 412 g/mol. The molecule has 0 aliphatic carbocycles. The zero-order valence-corrected chi connectivity index (χ0v) is 16.7. The topological polar surface area (TPSA) is 70.4 Å². The van der Waals surface area contributed by atoms with Crippen LogP contribution >= 0.6 is 0 Å². The van der Waals surface area contributed by atoms with Crippen LogP contribution in [0.1, 0.15) is 15.9 Å². The van der Waals surface area contributed by atoms with Crippen LogP contribution in [0.2, 0.25) is 0 Å². The Kier molecular flexibility index (Phi) is 6.18. The van der Waals surface area contributed by atoms with E-state index in [9.17, 15) is 9.59 Å². The van der Waals surface area contributed by atoms with Gasteiger partial charge in [0.15, 0.2) is 6.61 Å². The van der Waals surface area contributed by atoms with Gasteiger partial charge < -0.3 is 9.47 Å². The highest BCUT2D eigenvalue weighted by Gasteiger charge is 2.14. The van der Waals surface area contributed by atoms with Gasteiger partial charge in [-0.3, -0.25) is 4.79 Å². The Balaban J connectivity index is 1.46. The first kappa shape index (κ1) is 20.1. The fraction of sp³-hybridized carbons (Fsp3) is 0.0800. The maximum atomic E-state index is 12.2. The predicted molar refractivity (Wildman–Crippen MR) is 116 cm³/mol. The molecule has 4 aromatic rings. The standard InChI is InChI=1S/C25H20N2O4/c28-16-19-11-13-23(14-12-19)30-18-24(29)31-17-21-15-27(22-9-5-2-6-10-22)26-25(21)20-7-3-1-4-8-20/h1-16H,17-18H2. The molecule has 1 aromatic heterocycles. The van der Waals surface area contributed by atoms with Gasteiger partial charge in [0, 0.05) is 22.9 Å². The van der Waals surface area contributed by atoms with Crippen molar-refractivity contribution in [3.63, 3.8) is 0 Å². The third-order valence-electron chi connectivity index (χ3n) is 4.62. The minimum Gasteiger partial charge on any atom is -0.482 e. The Labute approximate surface area is 179 Å². The Morgan fingerprint density at radius 3 is 2.26 bits per heavy atom. The van der Waals surface area contributed by atoms with Gasteiger partial charge >= 0.3 is 5.97 Å². The van der Waals surface area contributed by atoms with Crippen LogP contribution in [0.4, 0.5) is 0 Å². The number of rotatable bonds is 8. The van der Waals surface area contributed by atoms with E-state index in [1.807, 2.05) is 66.9 Å². The first-order chi connectivity index (χ1) is 15.2. The smallest absolute Gasteiger partial charge is 0.344 e. The van der Waals surface area contributed by atoms with E-state index in [-0.39, 0.29) is 13.2 Å². The van der Waals surface area contributed by atoms with Crippen LogP contribution < -0.4 is 4.74 Å². The highest BCUT2D eigenvalue weighted by atomic mass is 16.6. The quantitative estimate of drug-likeness (QED) is 0.315. The molecule has 4 rings (SSSR count). The first-order valence-electron chi connectivity index (χ1n) is 9.76. The Morgan fingerprint density at radius 2 is 1.58 bits per heavy atom. The molecule has 0 atom stereocenters. The summed E-state index contributed by atoms with van der Waals surface area (Å²) >= 11 is 0. The number of aldehydes is 1. The summed E-state index contributed by atoms with van der Waals surface area (Å²) in [4.78, 5) is 22.9. The van der Waals surface area contributed by atoms with E-state index in [0.717, 1.165) is 28.8 Å². The summed E-state index contributed by atoms with van der Waals surface area (Å²) in [5.74, 6) is -0.00430. The van der Waals surface area contributed by atoms with E-state index in [4.69, 9.17) is 14.6 Å². The molecular formula is C25H20N2O4. The SMILES string of the molecule is O=Cc1ccc(OCC(=O)OCc2cn(-c3ccccc3)nc2-c2ccccc2)cc1. The largest absolute Gasteiger partial charge is 0.482 e. The van der Waals surface area contributed by atoms with E-state index in [1.165, 1.54) is 0 Å². The van der Waals surface area contributed by atoms with Crippen LogP contribution in [0, 0.1) is 0 Å². The second-order valence-corrected chi connectivity index (χ2v) is 6.79. The van der Waals surface area contributed by atoms with E-state index in [0.29, 0.717) is 11.3 Å². The Hall–Kier alpha value is -4.19. The van der Waals surface area contributed by atoms with Gasteiger partial charge in [0.05, 0.1) is 11.4 Å². The van der Waals surface area contributed by atoms with Crippen LogP contribution in [-0.4, -0.2) is 28.6 Å². The minimum absolute atomic E-state index is 0.0728. The van der Waals surface area contributed by atoms with E-state index >= 15 is 0 Å².